The number of anilines is 2. The van der Waals surface area contributed by atoms with E-state index in [0.717, 1.165) is 17.5 Å². The molecule has 154 valence electrons. The van der Waals surface area contributed by atoms with E-state index in [2.05, 4.69) is 32.2 Å². The molecular formula is C20H25N5O2S2. The maximum Gasteiger partial charge on any atom is 0.264 e. The molecular weight excluding hydrogens is 406 g/mol. The summed E-state index contributed by atoms with van der Waals surface area (Å²) in [5, 5.41) is 7.12. The first-order valence-electron chi connectivity index (χ1n) is 9.88. The van der Waals surface area contributed by atoms with Gasteiger partial charge in [0.05, 0.1) is 4.90 Å². The lowest BCUT2D eigenvalue weighted by atomic mass is 9.84. The van der Waals surface area contributed by atoms with Gasteiger partial charge in [0.25, 0.3) is 10.0 Å². The van der Waals surface area contributed by atoms with Crippen LogP contribution in [0.4, 0.5) is 11.6 Å². The summed E-state index contributed by atoms with van der Waals surface area (Å²) in [7, 11) is -3.74. The zero-order valence-electron chi connectivity index (χ0n) is 16.2. The van der Waals surface area contributed by atoms with Gasteiger partial charge >= 0.3 is 0 Å². The molecule has 1 aromatic carbocycles. The van der Waals surface area contributed by atoms with Crippen LogP contribution in [0.5, 0.6) is 0 Å². The van der Waals surface area contributed by atoms with Crippen molar-refractivity contribution in [1.82, 2.24) is 15.3 Å². The van der Waals surface area contributed by atoms with Crippen LogP contribution in [-0.4, -0.2) is 29.5 Å². The van der Waals surface area contributed by atoms with Crippen LogP contribution in [0.1, 0.15) is 32.6 Å². The van der Waals surface area contributed by atoms with Gasteiger partial charge in [0.1, 0.15) is 0 Å². The summed E-state index contributed by atoms with van der Waals surface area (Å²) in [4.78, 5) is 7.89. The third kappa shape index (κ3) is 4.67. The molecule has 2 aliphatic carbocycles. The molecule has 2 aliphatic rings. The minimum absolute atomic E-state index is 0.0367. The summed E-state index contributed by atoms with van der Waals surface area (Å²) in [6.45, 7) is 2.20. The summed E-state index contributed by atoms with van der Waals surface area (Å²) in [5.74, 6) is 2.46. The number of aromatic nitrogens is 2. The fourth-order valence-electron chi connectivity index (χ4n) is 4.64. The first-order chi connectivity index (χ1) is 13.9. The molecule has 2 fully saturated rings. The Morgan fingerprint density at radius 1 is 1.14 bits per heavy atom. The molecule has 0 radical (unpaired) electrons. The van der Waals surface area contributed by atoms with Crippen molar-refractivity contribution >= 4 is 39.0 Å². The molecule has 3 N–H and O–H groups in total. The second-order valence-electron chi connectivity index (χ2n) is 7.93. The Bertz CT molecular complexity index is 966. The quantitative estimate of drug-likeness (QED) is 0.603. The predicted octanol–water partition coefficient (Wildman–Crippen LogP) is 3.39. The highest BCUT2D eigenvalue weighted by Crippen LogP contribution is 2.49. The highest BCUT2D eigenvalue weighted by Gasteiger charge is 2.41. The van der Waals surface area contributed by atoms with Crippen molar-refractivity contribution in [3.8, 4) is 0 Å². The molecule has 4 unspecified atom stereocenters. The first-order valence-corrected chi connectivity index (χ1v) is 11.8. The van der Waals surface area contributed by atoms with E-state index in [1.807, 2.05) is 0 Å². The van der Waals surface area contributed by atoms with Gasteiger partial charge in [-0.25, -0.2) is 23.1 Å². The molecule has 1 heterocycles. The molecule has 4 rings (SSSR count). The third-order valence-corrected chi connectivity index (χ3v) is 7.57. The number of nitrogens with one attached hydrogen (secondary N) is 3. The molecule has 7 nitrogen and oxygen atoms in total. The summed E-state index contributed by atoms with van der Waals surface area (Å²) in [6, 6.07) is 8.38. The van der Waals surface area contributed by atoms with Gasteiger partial charge in [0.15, 0.2) is 5.11 Å². The Balaban J connectivity index is 1.33. The van der Waals surface area contributed by atoms with Crippen LogP contribution in [0.15, 0.2) is 47.6 Å². The van der Waals surface area contributed by atoms with Crippen molar-refractivity contribution in [2.24, 2.45) is 17.8 Å². The van der Waals surface area contributed by atoms with Gasteiger partial charge in [0, 0.05) is 24.1 Å². The van der Waals surface area contributed by atoms with Gasteiger partial charge in [-0.3, -0.25) is 0 Å². The Hall–Kier alpha value is -2.26. The van der Waals surface area contributed by atoms with E-state index in [1.165, 1.54) is 50.2 Å². The lowest BCUT2D eigenvalue weighted by molar-refractivity contribution is 0.279. The number of hydrogen-bond donors (Lipinski definition) is 3. The van der Waals surface area contributed by atoms with Gasteiger partial charge in [-0.2, -0.15) is 0 Å². The molecule has 4 atom stereocenters. The monoisotopic (exact) mass is 431 g/mol. The number of benzene rings is 1. The van der Waals surface area contributed by atoms with Crippen LogP contribution in [0.2, 0.25) is 0 Å². The Morgan fingerprint density at radius 2 is 1.86 bits per heavy atom. The van der Waals surface area contributed by atoms with Crippen LogP contribution >= 0.6 is 12.2 Å². The second-order valence-corrected chi connectivity index (χ2v) is 10.0. The smallest absolute Gasteiger partial charge is 0.264 e. The summed E-state index contributed by atoms with van der Waals surface area (Å²) < 4.78 is 27.2. The average molecular weight is 432 g/mol. The van der Waals surface area contributed by atoms with Crippen LogP contribution < -0.4 is 15.4 Å². The topological polar surface area (TPSA) is 96.0 Å². The fourth-order valence-corrected chi connectivity index (χ4v) is 5.90. The van der Waals surface area contributed by atoms with Crippen molar-refractivity contribution in [2.45, 2.75) is 43.5 Å². The minimum Gasteiger partial charge on any atom is -0.360 e. The van der Waals surface area contributed by atoms with Crippen molar-refractivity contribution in [1.29, 1.82) is 0 Å². The lowest BCUT2D eigenvalue weighted by Gasteiger charge is -2.29. The maximum atomic E-state index is 12.4. The fraction of sp³-hybridized carbons (Fsp3) is 0.450. The normalized spacial score (nSPS) is 24.1. The van der Waals surface area contributed by atoms with Gasteiger partial charge < -0.3 is 10.6 Å². The molecule has 9 heteroatoms. The van der Waals surface area contributed by atoms with Crippen LogP contribution in [-0.2, 0) is 10.0 Å². The number of fused-ring (bicyclic) bond motifs is 2. The van der Waals surface area contributed by atoms with E-state index in [1.54, 1.807) is 18.2 Å². The first kappa shape index (κ1) is 20.0. The number of sulfonamides is 1. The zero-order chi connectivity index (χ0) is 20.4. The van der Waals surface area contributed by atoms with Gasteiger partial charge in [0.2, 0.25) is 5.95 Å². The molecule has 29 heavy (non-hydrogen) atoms. The minimum atomic E-state index is -3.74. The van der Waals surface area contributed by atoms with Crippen molar-refractivity contribution in [3.63, 3.8) is 0 Å². The second kappa shape index (κ2) is 8.23. The predicted molar refractivity (Wildman–Crippen MR) is 117 cm³/mol. The van der Waals surface area contributed by atoms with Crippen molar-refractivity contribution in [3.05, 3.63) is 42.7 Å². The van der Waals surface area contributed by atoms with Gasteiger partial charge in [-0.15, -0.1) is 0 Å². The highest BCUT2D eigenvalue weighted by atomic mass is 32.2. The molecule has 1 aromatic heterocycles. The molecule has 2 aromatic rings. The molecule has 0 aliphatic heterocycles. The number of thiocarbonyl (C=S) groups is 1. The van der Waals surface area contributed by atoms with E-state index in [0.29, 0.717) is 17.1 Å². The zero-order valence-corrected chi connectivity index (χ0v) is 17.8. The van der Waals surface area contributed by atoms with E-state index >= 15 is 0 Å². The van der Waals surface area contributed by atoms with Crippen LogP contribution in [0.3, 0.4) is 0 Å². The molecule has 0 saturated heterocycles. The number of nitrogens with zero attached hydrogens (tertiary/aromatic N) is 2. The van der Waals surface area contributed by atoms with E-state index in [-0.39, 0.29) is 10.8 Å². The lowest BCUT2D eigenvalue weighted by Crippen LogP contribution is -2.42. The molecule has 2 bridgehead atoms. The standard InChI is InChI=1S/C20H25N5O2S2/c1-13(18-12-14-3-4-15(18)11-14)23-20(28)24-16-5-7-17(8-6-16)29(26,27)25-19-21-9-2-10-22-19/h2,5-10,13-15,18H,3-4,11-12H2,1H3,(H,21,22,25)(H2,23,24,28). The largest absolute Gasteiger partial charge is 0.360 e. The summed E-state index contributed by atoms with van der Waals surface area (Å²) in [5.41, 5.74) is 0.734. The number of hydrogen-bond acceptors (Lipinski definition) is 5. The van der Waals surface area contributed by atoms with Crippen LogP contribution in [0.25, 0.3) is 0 Å². The van der Waals surface area contributed by atoms with E-state index in [9.17, 15) is 8.42 Å². The SMILES string of the molecule is CC(NC(=S)Nc1ccc(S(=O)(=O)Nc2ncccn2)cc1)C1CC2CCC1C2. The van der Waals surface area contributed by atoms with Crippen LogP contribution in [0, 0.1) is 17.8 Å². The average Bonchev–Trinajstić information content (AvgIpc) is 3.32. The summed E-state index contributed by atoms with van der Waals surface area (Å²) >= 11 is 5.46. The Morgan fingerprint density at radius 3 is 2.48 bits per heavy atom. The maximum absolute atomic E-state index is 12.4. The molecule has 0 spiro atoms. The highest BCUT2D eigenvalue weighted by molar-refractivity contribution is 7.92. The Labute approximate surface area is 176 Å². The van der Waals surface area contributed by atoms with Crippen molar-refractivity contribution < 1.29 is 8.42 Å². The Kier molecular flexibility index (Phi) is 5.69. The van der Waals surface area contributed by atoms with Gasteiger partial charge in [-0.1, -0.05) is 6.42 Å². The third-order valence-electron chi connectivity index (χ3n) is 6.01. The molecule has 2 saturated carbocycles. The van der Waals surface area contributed by atoms with E-state index < -0.39 is 10.0 Å². The summed E-state index contributed by atoms with van der Waals surface area (Å²) in [6.07, 6.45) is 8.35. The van der Waals surface area contributed by atoms with E-state index in [4.69, 9.17) is 12.2 Å². The van der Waals surface area contributed by atoms with Gasteiger partial charge in [-0.05, 0) is 86.5 Å². The molecule has 0 amide bonds. The number of rotatable bonds is 6. The van der Waals surface area contributed by atoms with Crippen molar-refractivity contribution in [2.75, 3.05) is 10.0 Å².